The molecule has 0 bridgehead atoms. The van der Waals surface area contributed by atoms with E-state index in [1.165, 1.54) is 0 Å². The van der Waals surface area contributed by atoms with Crippen LogP contribution in [0.1, 0.15) is 25.7 Å². The average Bonchev–Trinajstić information content (AvgIpc) is 2.32. The van der Waals surface area contributed by atoms with Crippen LogP contribution in [0.2, 0.25) is 0 Å². The number of methoxy groups -OCH3 is 1. The summed E-state index contributed by atoms with van der Waals surface area (Å²) in [6.45, 7) is 1.06. The highest BCUT2D eigenvalue weighted by Gasteiger charge is 2.22. The minimum atomic E-state index is -1.43. The number of amides is 2. The van der Waals surface area contributed by atoms with Gasteiger partial charge in [0.15, 0.2) is 0 Å². The molecule has 0 saturated carbocycles. The number of nitrogens with one attached hydrogen (secondary N) is 2. The lowest BCUT2D eigenvalue weighted by Gasteiger charge is -2.13. The number of carboxylic acids is 2. The lowest BCUT2D eigenvalue weighted by atomic mass is 10.2. The molecule has 0 aliphatic heterocycles. The van der Waals surface area contributed by atoms with Crippen LogP contribution in [0.4, 0.5) is 4.79 Å². The Labute approximate surface area is 111 Å². The van der Waals surface area contributed by atoms with Crippen molar-refractivity contribution in [1.29, 1.82) is 0 Å². The topological polar surface area (TPSA) is 125 Å². The summed E-state index contributed by atoms with van der Waals surface area (Å²) in [7, 11) is 1.61. The van der Waals surface area contributed by atoms with Crippen LogP contribution < -0.4 is 10.6 Å². The summed E-state index contributed by atoms with van der Waals surface area (Å²) in [6.07, 6.45) is 1.85. The van der Waals surface area contributed by atoms with Gasteiger partial charge in [-0.2, -0.15) is 0 Å². The monoisotopic (exact) mass is 276 g/mol. The van der Waals surface area contributed by atoms with E-state index in [0.717, 1.165) is 19.3 Å². The highest BCUT2D eigenvalue weighted by Crippen LogP contribution is 1.95. The standard InChI is InChI=1S/C11H20N2O6/c1-19-6-4-2-3-5-12-11(18)13-8(10(16)17)7-9(14)15/h8H,2-7H2,1H3,(H,14,15)(H,16,17)(H2,12,13,18)/t8-/m1/s1. The molecule has 0 unspecified atom stereocenters. The molecule has 110 valence electrons. The van der Waals surface area contributed by atoms with Gasteiger partial charge in [-0.25, -0.2) is 9.59 Å². The van der Waals surface area contributed by atoms with E-state index in [1.807, 2.05) is 0 Å². The molecule has 0 heterocycles. The van der Waals surface area contributed by atoms with Crippen LogP contribution in [0.15, 0.2) is 0 Å². The molecule has 2 amide bonds. The van der Waals surface area contributed by atoms with Gasteiger partial charge in [-0.15, -0.1) is 0 Å². The van der Waals surface area contributed by atoms with Crippen LogP contribution >= 0.6 is 0 Å². The molecule has 0 spiro atoms. The number of urea groups is 1. The van der Waals surface area contributed by atoms with Crippen LogP contribution in [0.5, 0.6) is 0 Å². The third-order valence-electron chi connectivity index (χ3n) is 2.29. The number of unbranched alkanes of at least 4 members (excludes halogenated alkanes) is 2. The van der Waals surface area contributed by atoms with Crippen molar-refractivity contribution in [2.45, 2.75) is 31.7 Å². The van der Waals surface area contributed by atoms with E-state index in [0.29, 0.717) is 13.2 Å². The number of carboxylic acid groups (broad SMARTS) is 2. The normalized spacial score (nSPS) is 11.6. The van der Waals surface area contributed by atoms with Gasteiger partial charge in [0.1, 0.15) is 6.04 Å². The highest BCUT2D eigenvalue weighted by atomic mass is 16.5. The number of aliphatic carboxylic acids is 2. The molecule has 19 heavy (non-hydrogen) atoms. The van der Waals surface area contributed by atoms with E-state index in [4.69, 9.17) is 14.9 Å². The first-order valence-electron chi connectivity index (χ1n) is 5.95. The number of ether oxygens (including phenoxy) is 1. The first-order chi connectivity index (χ1) is 8.97. The molecular weight excluding hydrogens is 256 g/mol. The molecule has 4 N–H and O–H groups in total. The zero-order chi connectivity index (χ0) is 14.7. The molecule has 8 nitrogen and oxygen atoms in total. The third kappa shape index (κ3) is 9.83. The molecule has 0 aromatic carbocycles. The van der Waals surface area contributed by atoms with Gasteiger partial charge in [0.2, 0.25) is 0 Å². The molecule has 0 aromatic rings. The second-order valence-electron chi connectivity index (χ2n) is 3.94. The van der Waals surface area contributed by atoms with Crippen LogP contribution in [0.3, 0.4) is 0 Å². The van der Waals surface area contributed by atoms with E-state index in [2.05, 4.69) is 10.6 Å². The molecule has 0 saturated heterocycles. The van der Waals surface area contributed by atoms with Gasteiger partial charge in [0, 0.05) is 20.3 Å². The lowest BCUT2D eigenvalue weighted by Crippen LogP contribution is -2.47. The smallest absolute Gasteiger partial charge is 0.326 e. The maximum atomic E-state index is 11.3. The molecule has 0 aromatic heterocycles. The van der Waals surface area contributed by atoms with E-state index in [9.17, 15) is 14.4 Å². The SMILES string of the molecule is COCCCCCNC(=O)N[C@H](CC(=O)O)C(=O)O. The Hall–Kier alpha value is -1.83. The third-order valence-corrected chi connectivity index (χ3v) is 2.29. The van der Waals surface area contributed by atoms with Crippen molar-refractivity contribution in [2.75, 3.05) is 20.3 Å². The summed E-state index contributed by atoms with van der Waals surface area (Å²) in [4.78, 5) is 32.4. The molecule has 8 heteroatoms. The Morgan fingerprint density at radius 1 is 1.16 bits per heavy atom. The van der Waals surface area contributed by atoms with Gasteiger partial charge in [-0.05, 0) is 19.3 Å². The zero-order valence-electron chi connectivity index (χ0n) is 10.8. The minimum absolute atomic E-state index is 0.398. The van der Waals surface area contributed by atoms with Crippen molar-refractivity contribution in [1.82, 2.24) is 10.6 Å². The van der Waals surface area contributed by atoms with Crippen molar-refractivity contribution in [2.24, 2.45) is 0 Å². The molecule has 0 aliphatic rings. The summed E-state index contributed by atoms with van der Waals surface area (Å²) in [5.74, 6) is -2.66. The van der Waals surface area contributed by atoms with Gasteiger partial charge in [0.05, 0.1) is 6.42 Å². The van der Waals surface area contributed by atoms with Crippen molar-refractivity contribution >= 4 is 18.0 Å². The summed E-state index contributed by atoms with van der Waals surface area (Å²) in [5, 5.41) is 21.8. The fourth-order valence-corrected chi connectivity index (χ4v) is 1.33. The van der Waals surface area contributed by atoms with E-state index in [-0.39, 0.29) is 0 Å². The first kappa shape index (κ1) is 17.2. The molecule has 1 atom stereocenters. The van der Waals surface area contributed by atoms with Crippen LogP contribution in [0.25, 0.3) is 0 Å². The second-order valence-corrected chi connectivity index (χ2v) is 3.94. The maximum absolute atomic E-state index is 11.3. The largest absolute Gasteiger partial charge is 0.481 e. The summed E-state index contributed by atoms with van der Waals surface area (Å²) >= 11 is 0. The molecule has 0 rings (SSSR count). The summed E-state index contributed by atoms with van der Waals surface area (Å²) < 4.78 is 4.86. The summed E-state index contributed by atoms with van der Waals surface area (Å²) in [5.41, 5.74) is 0. The minimum Gasteiger partial charge on any atom is -0.481 e. The van der Waals surface area contributed by atoms with Crippen molar-refractivity contribution in [3.63, 3.8) is 0 Å². The Bertz CT molecular complexity index is 308. The van der Waals surface area contributed by atoms with Crippen LogP contribution in [0, 0.1) is 0 Å². The molecule has 0 fully saturated rings. The van der Waals surface area contributed by atoms with Gasteiger partial charge in [0.25, 0.3) is 0 Å². The summed E-state index contributed by atoms with van der Waals surface area (Å²) in [6, 6.07) is -2.11. The number of carbonyl (C=O) groups excluding carboxylic acids is 1. The molecule has 0 radical (unpaired) electrons. The van der Waals surface area contributed by atoms with Gasteiger partial charge in [-0.1, -0.05) is 0 Å². The number of rotatable bonds is 10. The zero-order valence-corrected chi connectivity index (χ0v) is 10.8. The molecule has 0 aliphatic carbocycles. The predicted molar refractivity (Wildman–Crippen MR) is 65.9 cm³/mol. The van der Waals surface area contributed by atoms with Crippen molar-refractivity contribution in [3.8, 4) is 0 Å². The first-order valence-corrected chi connectivity index (χ1v) is 5.95. The van der Waals surface area contributed by atoms with Gasteiger partial charge < -0.3 is 25.6 Å². The Morgan fingerprint density at radius 2 is 1.84 bits per heavy atom. The Kier molecular flexibility index (Phi) is 9.15. The molecular formula is C11H20N2O6. The van der Waals surface area contributed by atoms with E-state index < -0.39 is 30.4 Å². The number of hydrogen-bond donors (Lipinski definition) is 4. The van der Waals surface area contributed by atoms with Crippen molar-refractivity contribution < 1.29 is 29.3 Å². The number of carbonyl (C=O) groups is 3. The Morgan fingerprint density at radius 3 is 2.37 bits per heavy atom. The Balaban J connectivity index is 3.81. The quantitative estimate of drug-likeness (QED) is 0.417. The van der Waals surface area contributed by atoms with Gasteiger partial charge in [-0.3, -0.25) is 4.79 Å². The van der Waals surface area contributed by atoms with Gasteiger partial charge >= 0.3 is 18.0 Å². The maximum Gasteiger partial charge on any atom is 0.326 e. The second kappa shape index (κ2) is 10.1. The average molecular weight is 276 g/mol. The van der Waals surface area contributed by atoms with E-state index in [1.54, 1.807) is 7.11 Å². The predicted octanol–water partition coefficient (Wildman–Crippen LogP) is 0.0302. The van der Waals surface area contributed by atoms with E-state index >= 15 is 0 Å². The van der Waals surface area contributed by atoms with Crippen LogP contribution in [-0.4, -0.2) is 54.5 Å². The number of hydrogen-bond acceptors (Lipinski definition) is 4. The fraction of sp³-hybridized carbons (Fsp3) is 0.727. The lowest BCUT2D eigenvalue weighted by molar-refractivity contribution is -0.145. The van der Waals surface area contributed by atoms with Crippen LogP contribution in [-0.2, 0) is 14.3 Å². The fourth-order valence-electron chi connectivity index (χ4n) is 1.33. The highest BCUT2D eigenvalue weighted by molar-refractivity contribution is 5.86. The van der Waals surface area contributed by atoms with Crippen molar-refractivity contribution in [3.05, 3.63) is 0 Å².